The van der Waals surface area contributed by atoms with Gasteiger partial charge >= 0.3 is 0 Å². The summed E-state index contributed by atoms with van der Waals surface area (Å²) in [5, 5.41) is 10.2. The monoisotopic (exact) mass is 384 g/mol. The van der Waals surface area contributed by atoms with E-state index < -0.39 is 0 Å². The lowest BCUT2D eigenvalue weighted by Crippen LogP contribution is -2.17. The average Bonchev–Trinajstić information content (AvgIpc) is 3.06. The van der Waals surface area contributed by atoms with Crippen molar-refractivity contribution in [3.63, 3.8) is 0 Å². The first-order valence-corrected chi connectivity index (χ1v) is 9.94. The summed E-state index contributed by atoms with van der Waals surface area (Å²) in [6.45, 7) is 13.3. The molecule has 27 heavy (non-hydrogen) atoms. The number of aryl methyl sites for hydroxylation is 2. The Balaban J connectivity index is 2.35. The van der Waals surface area contributed by atoms with Crippen LogP contribution >= 0.6 is 11.5 Å². The second kappa shape index (κ2) is 8.53. The predicted octanol–water partition coefficient (Wildman–Crippen LogP) is 5.72. The van der Waals surface area contributed by atoms with Gasteiger partial charge in [0.05, 0.1) is 17.7 Å². The standard InChI is InChI=1S/C21H28N4OS/c1-8-21(5,6)19-16(12-22)20(27-24-19)26-18-11-14(3)17(10-15(18)4)23-13-25(7)9-2/h10-11,13H,8-9H2,1-7H3/b23-13-. The Labute approximate surface area is 166 Å². The zero-order chi connectivity index (χ0) is 20.2. The van der Waals surface area contributed by atoms with E-state index in [1.165, 1.54) is 11.5 Å². The number of aliphatic imine (C=N–C) groups is 1. The van der Waals surface area contributed by atoms with Gasteiger partial charge in [-0.25, -0.2) is 4.99 Å². The van der Waals surface area contributed by atoms with E-state index in [4.69, 9.17) is 4.74 Å². The molecule has 0 aliphatic heterocycles. The molecule has 0 unspecified atom stereocenters. The van der Waals surface area contributed by atoms with E-state index in [0.29, 0.717) is 10.6 Å². The largest absolute Gasteiger partial charge is 0.443 e. The van der Waals surface area contributed by atoms with Crippen LogP contribution in [0.25, 0.3) is 0 Å². The zero-order valence-electron chi connectivity index (χ0n) is 17.3. The molecule has 0 amide bonds. The highest BCUT2D eigenvalue weighted by atomic mass is 32.1. The highest BCUT2D eigenvalue weighted by Crippen LogP contribution is 2.40. The topological polar surface area (TPSA) is 61.5 Å². The summed E-state index contributed by atoms with van der Waals surface area (Å²) in [5.74, 6) is 0.733. The van der Waals surface area contributed by atoms with Crippen LogP contribution < -0.4 is 4.74 Å². The molecule has 0 saturated carbocycles. The Bertz CT molecular complexity index is 877. The second-order valence-electron chi connectivity index (χ2n) is 7.37. The molecule has 2 rings (SSSR count). The summed E-state index contributed by atoms with van der Waals surface area (Å²) < 4.78 is 10.6. The average molecular weight is 385 g/mol. The summed E-state index contributed by atoms with van der Waals surface area (Å²) in [4.78, 5) is 6.57. The van der Waals surface area contributed by atoms with Crippen LogP contribution in [0.3, 0.4) is 0 Å². The zero-order valence-corrected chi connectivity index (χ0v) is 18.1. The van der Waals surface area contributed by atoms with Crippen molar-refractivity contribution in [3.05, 3.63) is 34.5 Å². The SMILES string of the molecule is CCN(C)/C=N\c1cc(C)c(Oc2snc(C(C)(C)CC)c2C#N)cc1C. The molecule has 1 aromatic heterocycles. The van der Waals surface area contributed by atoms with Crippen LogP contribution in [-0.4, -0.2) is 29.2 Å². The Morgan fingerprint density at radius 2 is 2.00 bits per heavy atom. The minimum absolute atomic E-state index is 0.155. The summed E-state index contributed by atoms with van der Waals surface area (Å²) >= 11 is 1.24. The molecule has 0 saturated heterocycles. The number of rotatable bonds is 7. The fraction of sp³-hybridized carbons (Fsp3) is 0.476. The summed E-state index contributed by atoms with van der Waals surface area (Å²) in [6.07, 6.45) is 2.74. The van der Waals surface area contributed by atoms with Gasteiger partial charge in [-0.15, -0.1) is 0 Å². The summed E-state index contributed by atoms with van der Waals surface area (Å²) in [6, 6.07) is 6.26. The minimum atomic E-state index is -0.155. The number of hydrogen-bond acceptors (Lipinski definition) is 5. The van der Waals surface area contributed by atoms with E-state index in [-0.39, 0.29) is 5.41 Å². The maximum atomic E-state index is 9.65. The summed E-state index contributed by atoms with van der Waals surface area (Å²) in [5.41, 5.74) is 4.10. The molecule has 1 heterocycles. The lowest BCUT2D eigenvalue weighted by molar-refractivity contribution is 0.477. The van der Waals surface area contributed by atoms with Crippen molar-refractivity contribution in [3.8, 4) is 16.9 Å². The quantitative estimate of drug-likeness (QED) is 0.452. The Morgan fingerprint density at radius 3 is 2.59 bits per heavy atom. The Kier molecular flexibility index (Phi) is 6.61. The Morgan fingerprint density at radius 1 is 1.30 bits per heavy atom. The molecule has 144 valence electrons. The second-order valence-corrected chi connectivity index (χ2v) is 8.10. The molecule has 0 fully saturated rings. The van der Waals surface area contributed by atoms with Crippen molar-refractivity contribution in [2.75, 3.05) is 13.6 Å². The molecule has 0 atom stereocenters. The van der Waals surface area contributed by atoms with Crippen molar-refractivity contribution in [1.29, 1.82) is 5.26 Å². The minimum Gasteiger partial charge on any atom is -0.443 e. The highest BCUT2D eigenvalue weighted by Gasteiger charge is 2.28. The van der Waals surface area contributed by atoms with Gasteiger partial charge in [0.2, 0.25) is 5.06 Å². The van der Waals surface area contributed by atoms with Gasteiger partial charge in [-0.2, -0.15) is 9.64 Å². The van der Waals surface area contributed by atoms with Crippen LogP contribution in [0.1, 0.15) is 56.5 Å². The molecule has 6 heteroatoms. The molecule has 0 radical (unpaired) electrons. The van der Waals surface area contributed by atoms with E-state index in [1.54, 1.807) is 0 Å². The number of nitrogens with zero attached hydrogens (tertiary/aromatic N) is 4. The fourth-order valence-corrected chi connectivity index (χ4v) is 3.31. The van der Waals surface area contributed by atoms with E-state index in [0.717, 1.165) is 41.2 Å². The molecule has 1 aromatic carbocycles. The smallest absolute Gasteiger partial charge is 0.218 e. The molecule has 0 spiro atoms. The number of aromatic nitrogens is 1. The van der Waals surface area contributed by atoms with Gasteiger partial charge in [-0.3, -0.25) is 0 Å². The lowest BCUT2D eigenvalue weighted by Gasteiger charge is -2.20. The third kappa shape index (κ3) is 4.67. The lowest BCUT2D eigenvalue weighted by atomic mass is 9.84. The van der Waals surface area contributed by atoms with Gasteiger partial charge in [0.25, 0.3) is 0 Å². The van der Waals surface area contributed by atoms with Crippen LogP contribution in [0.15, 0.2) is 17.1 Å². The maximum absolute atomic E-state index is 9.65. The first-order valence-electron chi connectivity index (χ1n) is 9.17. The molecule has 0 aliphatic carbocycles. The van der Waals surface area contributed by atoms with Crippen LogP contribution in [-0.2, 0) is 5.41 Å². The third-order valence-corrected chi connectivity index (χ3v) is 5.61. The van der Waals surface area contributed by atoms with Gasteiger partial charge in [0.15, 0.2) is 0 Å². The molecule has 5 nitrogen and oxygen atoms in total. The maximum Gasteiger partial charge on any atom is 0.218 e. The van der Waals surface area contributed by atoms with Crippen molar-refractivity contribution in [1.82, 2.24) is 9.27 Å². The molecular formula is C21H28N4OS. The van der Waals surface area contributed by atoms with E-state index >= 15 is 0 Å². The van der Waals surface area contributed by atoms with E-state index in [2.05, 4.69) is 43.1 Å². The number of ether oxygens (including phenoxy) is 1. The normalized spacial score (nSPS) is 11.6. The van der Waals surface area contributed by atoms with Gasteiger partial charge in [-0.1, -0.05) is 20.8 Å². The fourth-order valence-electron chi connectivity index (χ4n) is 2.44. The number of hydrogen-bond donors (Lipinski definition) is 0. The van der Waals surface area contributed by atoms with Crippen molar-refractivity contribution in [2.45, 2.75) is 53.4 Å². The number of nitriles is 1. The van der Waals surface area contributed by atoms with E-state index in [1.807, 2.05) is 44.3 Å². The molecule has 0 N–H and O–H groups in total. The van der Waals surface area contributed by atoms with Gasteiger partial charge in [0.1, 0.15) is 17.4 Å². The highest BCUT2D eigenvalue weighted by molar-refractivity contribution is 7.08. The molecular weight excluding hydrogens is 356 g/mol. The molecule has 2 aromatic rings. The third-order valence-electron chi connectivity index (χ3n) is 4.89. The van der Waals surface area contributed by atoms with Gasteiger partial charge < -0.3 is 9.64 Å². The van der Waals surface area contributed by atoms with Crippen LogP contribution in [0.5, 0.6) is 10.8 Å². The van der Waals surface area contributed by atoms with Crippen molar-refractivity contribution < 1.29 is 4.74 Å². The Hall–Kier alpha value is -2.39. The van der Waals surface area contributed by atoms with Crippen LogP contribution in [0.4, 0.5) is 5.69 Å². The first-order chi connectivity index (χ1) is 12.7. The van der Waals surface area contributed by atoms with Gasteiger partial charge in [0, 0.05) is 30.5 Å². The van der Waals surface area contributed by atoms with Crippen molar-refractivity contribution in [2.24, 2.45) is 4.99 Å². The van der Waals surface area contributed by atoms with Gasteiger partial charge in [-0.05, 0) is 50.5 Å². The summed E-state index contributed by atoms with van der Waals surface area (Å²) in [7, 11) is 1.99. The molecule has 0 aliphatic rings. The first kappa shape index (κ1) is 20.9. The van der Waals surface area contributed by atoms with Crippen molar-refractivity contribution >= 4 is 23.6 Å². The predicted molar refractivity (Wildman–Crippen MR) is 113 cm³/mol. The van der Waals surface area contributed by atoms with E-state index in [9.17, 15) is 5.26 Å². The van der Waals surface area contributed by atoms with Crippen LogP contribution in [0, 0.1) is 25.2 Å². The number of benzene rings is 1. The molecule has 0 bridgehead atoms. The van der Waals surface area contributed by atoms with Crippen LogP contribution in [0.2, 0.25) is 0 Å².